The highest BCUT2D eigenvalue weighted by atomic mass is 15.2. The van der Waals surface area contributed by atoms with Crippen molar-refractivity contribution in [1.29, 1.82) is 0 Å². The van der Waals surface area contributed by atoms with Crippen molar-refractivity contribution in [2.75, 3.05) is 19.6 Å². The molecule has 0 radical (unpaired) electrons. The van der Waals surface area contributed by atoms with Crippen molar-refractivity contribution in [3.8, 4) is 0 Å². The summed E-state index contributed by atoms with van der Waals surface area (Å²) in [6, 6.07) is 0. The Balaban J connectivity index is 2.63. The number of nitrogens with zero attached hydrogens (tertiary/aromatic N) is 3. The smallest absolute Gasteiger partial charge is 0.122 e. The van der Waals surface area contributed by atoms with E-state index in [9.17, 15) is 0 Å². The minimum atomic E-state index is 0.167. The highest BCUT2D eigenvalue weighted by Gasteiger charge is 2.20. The van der Waals surface area contributed by atoms with Gasteiger partial charge in [0.1, 0.15) is 5.82 Å². The zero-order valence-electron chi connectivity index (χ0n) is 11.6. The molecule has 0 aliphatic rings. The van der Waals surface area contributed by atoms with Crippen LogP contribution in [0.15, 0.2) is 12.4 Å². The lowest BCUT2D eigenvalue weighted by molar-refractivity contribution is 0.171. The summed E-state index contributed by atoms with van der Waals surface area (Å²) >= 11 is 0. The molecule has 0 amide bonds. The Labute approximate surface area is 105 Å². The molecule has 0 atom stereocenters. The van der Waals surface area contributed by atoms with Crippen LogP contribution in [0.5, 0.6) is 0 Å². The molecule has 2 N–H and O–H groups in total. The van der Waals surface area contributed by atoms with Crippen LogP contribution in [-0.2, 0) is 13.6 Å². The quantitative estimate of drug-likeness (QED) is 0.785. The molecule has 0 saturated heterocycles. The number of nitrogens with two attached hydrogens (primary N) is 1. The Morgan fingerprint density at radius 1 is 1.47 bits per heavy atom. The maximum Gasteiger partial charge on any atom is 0.122 e. The van der Waals surface area contributed by atoms with Crippen LogP contribution in [0, 0.1) is 5.41 Å². The molecule has 0 aromatic carbocycles. The van der Waals surface area contributed by atoms with Crippen molar-refractivity contribution in [3.63, 3.8) is 0 Å². The molecule has 0 saturated carbocycles. The number of hydrogen-bond donors (Lipinski definition) is 1. The summed E-state index contributed by atoms with van der Waals surface area (Å²) in [6.45, 7) is 10.4. The Morgan fingerprint density at radius 3 is 2.65 bits per heavy atom. The van der Waals surface area contributed by atoms with Gasteiger partial charge in [0.2, 0.25) is 0 Å². The molecule has 1 aromatic rings. The van der Waals surface area contributed by atoms with E-state index in [-0.39, 0.29) is 5.41 Å². The molecule has 0 aliphatic carbocycles. The summed E-state index contributed by atoms with van der Waals surface area (Å²) in [5.41, 5.74) is 5.97. The predicted octanol–water partition coefficient (Wildman–Crippen LogP) is 1.62. The molecule has 0 unspecified atom stereocenters. The molecule has 17 heavy (non-hydrogen) atoms. The zero-order valence-corrected chi connectivity index (χ0v) is 11.6. The van der Waals surface area contributed by atoms with Gasteiger partial charge in [0.15, 0.2) is 0 Å². The van der Waals surface area contributed by atoms with E-state index in [0.29, 0.717) is 6.54 Å². The highest BCUT2D eigenvalue weighted by molar-refractivity contribution is 4.91. The molecule has 0 spiro atoms. The molecule has 4 nitrogen and oxygen atoms in total. The van der Waals surface area contributed by atoms with Gasteiger partial charge in [-0.05, 0) is 24.9 Å². The third-order valence-electron chi connectivity index (χ3n) is 3.03. The summed E-state index contributed by atoms with van der Waals surface area (Å²) in [6.07, 6.45) is 5.01. The molecule has 0 aliphatic heterocycles. The molecule has 98 valence electrons. The van der Waals surface area contributed by atoms with Gasteiger partial charge in [0.25, 0.3) is 0 Å². The van der Waals surface area contributed by atoms with Gasteiger partial charge in [-0.25, -0.2) is 4.98 Å². The monoisotopic (exact) mass is 238 g/mol. The average Bonchev–Trinajstić information content (AvgIpc) is 2.64. The largest absolute Gasteiger partial charge is 0.337 e. The molecule has 0 fully saturated rings. The van der Waals surface area contributed by atoms with Crippen LogP contribution in [0.25, 0.3) is 0 Å². The minimum Gasteiger partial charge on any atom is -0.337 e. The molecule has 1 heterocycles. The topological polar surface area (TPSA) is 47.1 Å². The number of imidazole rings is 1. The van der Waals surface area contributed by atoms with Crippen molar-refractivity contribution in [3.05, 3.63) is 18.2 Å². The fraction of sp³-hybridized carbons (Fsp3) is 0.769. The Morgan fingerprint density at radius 2 is 2.18 bits per heavy atom. The van der Waals surface area contributed by atoms with E-state index < -0.39 is 0 Å². The third-order valence-corrected chi connectivity index (χ3v) is 3.03. The maximum absolute atomic E-state index is 5.81. The summed E-state index contributed by atoms with van der Waals surface area (Å²) < 4.78 is 2.08. The van der Waals surface area contributed by atoms with Gasteiger partial charge < -0.3 is 10.3 Å². The van der Waals surface area contributed by atoms with E-state index in [1.165, 1.54) is 0 Å². The summed E-state index contributed by atoms with van der Waals surface area (Å²) in [5.74, 6) is 1.12. The first kappa shape index (κ1) is 14.2. The lowest BCUT2D eigenvalue weighted by Gasteiger charge is -2.31. The van der Waals surface area contributed by atoms with Gasteiger partial charge in [-0.15, -0.1) is 0 Å². The standard InChI is InChI=1S/C13H26N4/c1-5-7-17(11-13(2,3)10-14)9-12-15-6-8-16(12)4/h6,8H,5,7,9-11,14H2,1-4H3. The van der Waals surface area contributed by atoms with Gasteiger partial charge in [0, 0.05) is 26.0 Å². The first-order valence-corrected chi connectivity index (χ1v) is 6.37. The Hall–Kier alpha value is -0.870. The number of aryl methyl sites for hydroxylation is 1. The van der Waals surface area contributed by atoms with Crippen LogP contribution in [-0.4, -0.2) is 34.1 Å². The predicted molar refractivity (Wildman–Crippen MR) is 71.6 cm³/mol. The second-order valence-electron chi connectivity index (χ2n) is 5.53. The zero-order chi connectivity index (χ0) is 12.9. The van der Waals surface area contributed by atoms with Crippen molar-refractivity contribution in [2.24, 2.45) is 18.2 Å². The second-order valence-corrected chi connectivity index (χ2v) is 5.53. The van der Waals surface area contributed by atoms with E-state index >= 15 is 0 Å². The normalized spacial score (nSPS) is 12.4. The number of rotatable bonds is 7. The summed E-state index contributed by atoms with van der Waals surface area (Å²) in [5, 5.41) is 0. The molecule has 1 aromatic heterocycles. The van der Waals surface area contributed by atoms with Crippen LogP contribution in [0.3, 0.4) is 0 Å². The first-order chi connectivity index (χ1) is 7.98. The van der Waals surface area contributed by atoms with Crippen molar-refractivity contribution >= 4 is 0 Å². The Bertz CT molecular complexity index is 330. The fourth-order valence-corrected chi connectivity index (χ4v) is 1.95. The van der Waals surface area contributed by atoms with E-state index in [2.05, 4.69) is 35.2 Å². The van der Waals surface area contributed by atoms with Gasteiger partial charge >= 0.3 is 0 Å². The van der Waals surface area contributed by atoms with E-state index in [4.69, 9.17) is 5.73 Å². The van der Waals surface area contributed by atoms with E-state index in [1.54, 1.807) is 0 Å². The van der Waals surface area contributed by atoms with Gasteiger partial charge in [-0.2, -0.15) is 0 Å². The van der Waals surface area contributed by atoms with Crippen LogP contribution in [0.4, 0.5) is 0 Å². The third kappa shape index (κ3) is 4.48. The highest BCUT2D eigenvalue weighted by Crippen LogP contribution is 2.16. The fourth-order valence-electron chi connectivity index (χ4n) is 1.95. The van der Waals surface area contributed by atoms with Gasteiger partial charge in [0.05, 0.1) is 6.54 Å². The molecular formula is C13H26N4. The average molecular weight is 238 g/mol. The Kier molecular flexibility index (Phi) is 5.15. The van der Waals surface area contributed by atoms with Crippen LogP contribution >= 0.6 is 0 Å². The number of aromatic nitrogens is 2. The van der Waals surface area contributed by atoms with Crippen LogP contribution < -0.4 is 5.73 Å². The van der Waals surface area contributed by atoms with Crippen LogP contribution in [0.1, 0.15) is 33.0 Å². The van der Waals surface area contributed by atoms with Crippen molar-refractivity contribution in [1.82, 2.24) is 14.5 Å². The number of hydrogen-bond acceptors (Lipinski definition) is 3. The van der Waals surface area contributed by atoms with Gasteiger partial charge in [-0.3, -0.25) is 4.90 Å². The maximum atomic E-state index is 5.81. The molecule has 0 bridgehead atoms. The van der Waals surface area contributed by atoms with E-state index in [1.807, 2.05) is 19.4 Å². The SMILES string of the molecule is CCCN(Cc1nccn1C)CC(C)(C)CN. The van der Waals surface area contributed by atoms with Crippen molar-refractivity contribution in [2.45, 2.75) is 33.7 Å². The van der Waals surface area contributed by atoms with Crippen LogP contribution in [0.2, 0.25) is 0 Å². The first-order valence-electron chi connectivity index (χ1n) is 6.37. The lowest BCUT2D eigenvalue weighted by Crippen LogP contribution is -2.39. The summed E-state index contributed by atoms with van der Waals surface area (Å²) in [7, 11) is 2.04. The van der Waals surface area contributed by atoms with Crippen molar-refractivity contribution < 1.29 is 0 Å². The minimum absolute atomic E-state index is 0.167. The van der Waals surface area contributed by atoms with Gasteiger partial charge in [-0.1, -0.05) is 20.8 Å². The summed E-state index contributed by atoms with van der Waals surface area (Å²) in [4.78, 5) is 6.82. The molecule has 4 heteroatoms. The molecule has 1 rings (SSSR count). The lowest BCUT2D eigenvalue weighted by atomic mass is 9.93. The molecular weight excluding hydrogens is 212 g/mol. The van der Waals surface area contributed by atoms with E-state index in [0.717, 1.165) is 31.9 Å². The second kappa shape index (κ2) is 6.17.